The average molecular weight is 288 g/mol. The zero-order valence-corrected chi connectivity index (χ0v) is 12.8. The zero-order valence-electron chi connectivity index (χ0n) is 12.8. The van der Waals surface area contributed by atoms with Gasteiger partial charge in [-0.3, -0.25) is 9.69 Å². The molecule has 2 aromatic rings. The Morgan fingerprint density at radius 1 is 0.955 bits per heavy atom. The van der Waals surface area contributed by atoms with Crippen LogP contribution in [0.3, 0.4) is 0 Å². The molecule has 4 nitrogen and oxygen atoms in total. The Morgan fingerprint density at radius 3 is 2.14 bits per heavy atom. The molecule has 0 saturated heterocycles. The van der Waals surface area contributed by atoms with Crippen molar-refractivity contribution in [1.29, 1.82) is 0 Å². The fourth-order valence-electron chi connectivity index (χ4n) is 2.95. The number of fused-ring (bicyclic) bond motifs is 1. The topological polar surface area (TPSA) is 15.2 Å². The fourth-order valence-corrected chi connectivity index (χ4v) is 2.95. The van der Waals surface area contributed by atoms with E-state index < -0.39 is 0 Å². The summed E-state index contributed by atoms with van der Waals surface area (Å²) in [5, 5.41) is 0. The van der Waals surface area contributed by atoms with E-state index in [2.05, 4.69) is 45.5 Å². The van der Waals surface area contributed by atoms with E-state index in [1.165, 1.54) is 5.56 Å². The van der Waals surface area contributed by atoms with E-state index in [9.17, 15) is 0 Å². The maximum atomic E-state index is 7.31. The monoisotopic (exact) mass is 288 g/mol. The first-order valence-corrected chi connectivity index (χ1v) is 7.09. The molecular weight excluding hydrogens is 272 g/mol. The second-order valence-corrected chi connectivity index (χ2v) is 5.45. The summed E-state index contributed by atoms with van der Waals surface area (Å²) in [5.74, 6) is 0. The number of hydrogen-bond donors (Lipinski definition) is 0. The smallest absolute Gasteiger partial charge is 0.196 e. The first-order valence-electron chi connectivity index (χ1n) is 7.09. The van der Waals surface area contributed by atoms with Crippen molar-refractivity contribution in [3.63, 3.8) is 0 Å². The molecule has 0 aliphatic carbocycles. The van der Waals surface area contributed by atoms with Crippen LogP contribution in [0.1, 0.15) is 12.5 Å². The number of rotatable bonds is 1. The number of anilines is 3. The summed E-state index contributed by atoms with van der Waals surface area (Å²) < 4.78 is 0. The lowest BCUT2D eigenvalue weighted by atomic mass is 10.1. The molecular formula is C18H16N4. The minimum absolute atomic E-state index is 0.135. The summed E-state index contributed by atoms with van der Waals surface area (Å²) in [5.41, 5.74) is 5.13. The van der Waals surface area contributed by atoms with Crippen LogP contribution in [-0.4, -0.2) is 13.2 Å². The Bertz CT molecular complexity index is 826. The molecule has 1 aliphatic heterocycles. The Hall–Kier alpha value is -2.98. The van der Waals surface area contributed by atoms with E-state index in [-0.39, 0.29) is 6.17 Å². The standard InChI is InChI=1S/C18H16N4/c1-12-8-6-7-9-16(12)22-13(2)21(5)17-10-14(19-3)15(20-4)11-18(17)22/h6-11,13H,1-2,5H3/t13-/m0/s1. The third-order valence-corrected chi connectivity index (χ3v) is 4.26. The van der Waals surface area contributed by atoms with Gasteiger partial charge in [-0.25, -0.2) is 0 Å². The van der Waals surface area contributed by atoms with Crippen LogP contribution in [0.5, 0.6) is 0 Å². The van der Waals surface area contributed by atoms with E-state index in [0.29, 0.717) is 11.4 Å². The van der Waals surface area contributed by atoms with Crippen LogP contribution < -0.4 is 9.80 Å². The van der Waals surface area contributed by atoms with Crippen molar-refractivity contribution in [3.8, 4) is 0 Å². The minimum Gasteiger partial charge on any atom is -0.354 e. The molecule has 1 atom stereocenters. The van der Waals surface area contributed by atoms with Crippen molar-refractivity contribution in [1.82, 2.24) is 0 Å². The molecule has 0 saturated carbocycles. The van der Waals surface area contributed by atoms with Gasteiger partial charge in [0, 0.05) is 18.4 Å². The Labute approximate surface area is 130 Å². The van der Waals surface area contributed by atoms with Crippen LogP contribution in [0.2, 0.25) is 0 Å². The number of para-hydroxylation sites is 1. The normalized spacial score (nSPS) is 16.1. The first kappa shape index (κ1) is 14.0. The first-order chi connectivity index (χ1) is 10.6. The summed E-state index contributed by atoms with van der Waals surface area (Å²) in [6.07, 6.45) is 0.135. The molecule has 0 unspecified atom stereocenters. The molecule has 0 fully saturated rings. The van der Waals surface area contributed by atoms with Crippen LogP contribution in [0.15, 0.2) is 36.4 Å². The van der Waals surface area contributed by atoms with Crippen LogP contribution in [-0.2, 0) is 0 Å². The molecule has 1 heterocycles. The number of benzene rings is 2. The lowest BCUT2D eigenvalue weighted by Crippen LogP contribution is -2.35. The summed E-state index contributed by atoms with van der Waals surface area (Å²) in [6.45, 7) is 18.8. The molecule has 1 aliphatic rings. The zero-order chi connectivity index (χ0) is 15.9. The van der Waals surface area contributed by atoms with Crippen molar-refractivity contribution < 1.29 is 0 Å². The van der Waals surface area contributed by atoms with Crippen molar-refractivity contribution in [2.75, 3.05) is 16.8 Å². The predicted octanol–water partition coefficient (Wildman–Crippen LogP) is 5.03. The van der Waals surface area contributed by atoms with Crippen molar-refractivity contribution in [2.45, 2.75) is 20.0 Å². The highest BCUT2D eigenvalue weighted by atomic mass is 15.4. The van der Waals surface area contributed by atoms with Gasteiger partial charge in [-0.1, -0.05) is 18.2 Å². The third-order valence-electron chi connectivity index (χ3n) is 4.26. The van der Waals surface area contributed by atoms with Gasteiger partial charge in [-0.05, 0) is 37.6 Å². The van der Waals surface area contributed by atoms with Gasteiger partial charge in [0.1, 0.15) is 6.17 Å². The maximum Gasteiger partial charge on any atom is 0.196 e. The summed E-state index contributed by atoms with van der Waals surface area (Å²) in [6, 6.07) is 11.9. The maximum absolute atomic E-state index is 7.31. The molecule has 0 radical (unpaired) electrons. The molecule has 2 aromatic carbocycles. The van der Waals surface area contributed by atoms with Gasteiger partial charge in [0.15, 0.2) is 11.4 Å². The Morgan fingerprint density at radius 2 is 1.55 bits per heavy atom. The van der Waals surface area contributed by atoms with Gasteiger partial charge in [0.05, 0.1) is 18.8 Å². The van der Waals surface area contributed by atoms with E-state index in [1.54, 1.807) is 0 Å². The largest absolute Gasteiger partial charge is 0.354 e. The Balaban J connectivity index is 2.24. The molecule has 0 aromatic heterocycles. The minimum atomic E-state index is 0.135. The molecule has 22 heavy (non-hydrogen) atoms. The van der Waals surface area contributed by atoms with E-state index in [4.69, 9.17) is 13.1 Å². The average Bonchev–Trinajstić information content (AvgIpc) is 2.78. The van der Waals surface area contributed by atoms with Gasteiger partial charge in [-0.2, -0.15) is 0 Å². The molecule has 0 bridgehead atoms. The van der Waals surface area contributed by atoms with Gasteiger partial charge in [0.2, 0.25) is 0 Å². The highest BCUT2D eigenvalue weighted by Gasteiger charge is 2.33. The van der Waals surface area contributed by atoms with Gasteiger partial charge in [0.25, 0.3) is 0 Å². The van der Waals surface area contributed by atoms with Gasteiger partial charge < -0.3 is 9.80 Å². The molecule has 0 spiro atoms. The summed E-state index contributed by atoms with van der Waals surface area (Å²) >= 11 is 0. The molecule has 108 valence electrons. The van der Waals surface area contributed by atoms with Crippen molar-refractivity contribution >= 4 is 28.4 Å². The lowest BCUT2D eigenvalue weighted by molar-refractivity contribution is 0.733. The van der Waals surface area contributed by atoms with E-state index >= 15 is 0 Å². The van der Waals surface area contributed by atoms with Crippen LogP contribution >= 0.6 is 0 Å². The molecule has 3 rings (SSSR count). The molecule has 4 heteroatoms. The number of hydrogen-bond acceptors (Lipinski definition) is 2. The third kappa shape index (κ3) is 1.89. The van der Waals surface area contributed by atoms with Crippen LogP contribution in [0, 0.1) is 20.1 Å². The number of nitrogens with zero attached hydrogens (tertiary/aromatic N) is 4. The van der Waals surface area contributed by atoms with E-state index in [0.717, 1.165) is 17.1 Å². The summed E-state index contributed by atoms with van der Waals surface area (Å²) in [7, 11) is 2.02. The number of aryl methyl sites for hydroxylation is 1. The SMILES string of the molecule is [C-]#[N+]c1cc2c(cc1[N+]#[C-])N(c1ccccc1C)[C@@H](C)N2C. The van der Waals surface area contributed by atoms with Crippen LogP contribution in [0.25, 0.3) is 9.69 Å². The molecule has 0 N–H and O–H groups in total. The second-order valence-electron chi connectivity index (χ2n) is 5.45. The second kappa shape index (κ2) is 5.09. The van der Waals surface area contributed by atoms with Crippen LogP contribution in [0.4, 0.5) is 28.4 Å². The Kier molecular flexibility index (Phi) is 3.23. The molecule has 0 amide bonds. The summed E-state index contributed by atoms with van der Waals surface area (Å²) in [4.78, 5) is 11.4. The lowest BCUT2D eigenvalue weighted by Gasteiger charge is -2.29. The van der Waals surface area contributed by atoms with E-state index in [1.807, 2.05) is 31.3 Å². The van der Waals surface area contributed by atoms with Gasteiger partial charge >= 0.3 is 0 Å². The van der Waals surface area contributed by atoms with Crippen molar-refractivity contribution in [2.24, 2.45) is 0 Å². The quantitative estimate of drug-likeness (QED) is 0.684. The highest BCUT2D eigenvalue weighted by Crippen LogP contribution is 2.49. The highest BCUT2D eigenvalue weighted by molar-refractivity contribution is 5.92. The fraction of sp³-hybridized carbons (Fsp3) is 0.222. The predicted molar refractivity (Wildman–Crippen MR) is 90.1 cm³/mol. The van der Waals surface area contributed by atoms with Crippen molar-refractivity contribution in [3.05, 3.63) is 64.8 Å². The van der Waals surface area contributed by atoms with Gasteiger partial charge in [-0.15, -0.1) is 0 Å².